The second kappa shape index (κ2) is 7.09. The number of aromatic nitrogens is 2. The lowest BCUT2D eigenvalue weighted by molar-refractivity contribution is -0.139. The van der Waals surface area contributed by atoms with E-state index in [4.69, 9.17) is 9.15 Å². The average Bonchev–Trinajstić information content (AvgIpc) is 2.96. The van der Waals surface area contributed by atoms with E-state index < -0.39 is 0 Å². The van der Waals surface area contributed by atoms with Crippen molar-refractivity contribution in [2.45, 2.75) is 19.1 Å². The number of rotatable bonds is 6. The van der Waals surface area contributed by atoms with Crippen molar-refractivity contribution in [2.75, 3.05) is 12.4 Å². The first kappa shape index (κ1) is 14.6. The Balaban J connectivity index is 1.96. The van der Waals surface area contributed by atoms with E-state index in [1.165, 1.54) is 11.8 Å². The highest BCUT2D eigenvalue weighted by Gasteiger charge is 2.17. The average molecular weight is 292 g/mol. The highest BCUT2D eigenvalue weighted by Crippen LogP contribution is 2.29. The van der Waals surface area contributed by atoms with E-state index in [1.54, 1.807) is 6.92 Å². The molecule has 2 rings (SSSR count). The minimum Gasteiger partial charge on any atom is -0.465 e. The summed E-state index contributed by atoms with van der Waals surface area (Å²) in [7, 11) is 0. The first-order valence-electron chi connectivity index (χ1n) is 6.36. The van der Waals surface area contributed by atoms with Crippen molar-refractivity contribution in [1.29, 1.82) is 0 Å². The smallest absolute Gasteiger partial charge is 0.315 e. The normalized spacial score (nSPS) is 12.1. The Hall–Kier alpha value is -1.82. The summed E-state index contributed by atoms with van der Waals surface area (Å²) in [5.74, 6) is 1.05. The van der Waals surface area contributed by atoms with Crippen molar-refractivity contribution in [3.8, 4) is 11.5 Å². The van der Waals surface area contributed by atoms with Gasteiger partial charge < -0.3 is 9.15 Å². The van der Waals surface area contributed by atoms with Gasteiger partial charge in [0.25, 0.3) is 0 Å². The van der Waals surface area contributed by atoms with Gasteiger partial charge in [0.05, 0.1) is 17.6 Å². The van der Waals surface area contributed by atoms with Crippen LogP contribution in [0.15, 0.2) is 34.7 Å². The minimum absolute atomic E-state index is 0.0515. The maximum Gasteiger partial charge on any atom is 0.315 e. The van der Waals surface area contributed by atoms with Gasteiger partial charge in [-0.2, -0.15) is 0 Å². The largest absolute Gasteiger partial charge is 0.465 e. The Morgan fingerprint density at radius 3 is 2.80 bits per heavy atom. The molecule has 5 nitrogen and oxygen atoms in total. The molecule has 6 heteroatoms. The Morgan fingerprint density at radius 1 is 1.35 bits per heavy atom. The third-order valence-corrected chi connectivity index (χ3v) is 3.67. The summed E-state index contributed by atoms with van der Waals surface area (Å²) in [6, 6.07) is 9.58. The SMILES string of the molecule is CCOC(=O)CS[C@H](C)c1nnc(-c2ccccc2)o1. The summed E-state index contributed by atoms with van der Waals surface area (Å²) in [4.78, 5) is 11.3. The van der Waals surface area contributed by atoms with Crippen LogP contribution in [0.25, 0.3) is 11.5 Å². The van der Waals surface area contributed by atoms with E-state index >= 15 is 0 Å². The predicted octanol–water partition coefficient (Wildman–Crippen LogP) is 3.09. The van der Waals surface area contributed by atoms with Crippen molar-refractivity contribution >= 4 is 17.7 Å². The zero-order valence-corrected chi connectivity index (χ0v) is 12.2. The number of ether oxygens (including phenoxy) is 1. The molecular formula is C14H16N2O3S. The van der Waals surface area contributed by atoms with Crippen LogP contribution in [0.5, 0.6) is 0 Å². The lowest BCUT2D eigenvalue weighted by atomic mass is 10.2. The Morgan fingerprint density at radius 2 is 2.10 bits per heavy atom. The highest BCUT2D eigenvalue weighted by molar-refractivity contribution is 8.00. The van der Waals surface area contributed by atoms with Gasteiger partial charge in [0.15, 0.2) is 0 Å². The summed E-state index contributed by atoms with van der Waals surface area (Å²) < 4.78 is 10.5. The van der Waals surface area contributed by atoms with Crippen LogP contribution in [0.2, 0.25) is 0 Å². The number of thioether (sulfide) groups is 1. The molecule has 2 aromatic rings. The zero-order chi connectivity index (χ0) is 14.4. The van der Waals surface area contributed by atoms with Crippen LogP contribution in [-0.4, -0.2) is 28.5 Å². The van der Waals surface area contributed by atoms with Crippen LogP contribution in [-0.2, 0) is 9.53 Å². The van der Waals surface area contributed by atoms with E-state index in [0.717, 1.165) is 5.56 Å². The van der Waals surface area contributed by atoms with E-state index in [1.807, 2.05) is 37.3 Å². The number of nitrogens with zero attached hydrogens (tertiary/aromatic N) is 2. The van der Waals surface area contributed by atoms with Crippen LogP contribution < -0.4 is 0 Å². The molecule has 1 aromatic heterocycles. The molecule has 0 amide bonds. The van der Waals surface area contributed by atoms with E-state index in [2.05, 4.69) is 10.2 Å². The first-order valence-corrected chi connectivity index (χ1v) is 7.41. The molecule has 1 atom stereocenters. The lowest BCUT2D eigenvalue weighted by Crippen LogP contribution is -2.07. The highest BCUT2D eigenvalue weighted by atomic mass is 32.2. The van der Waals surface area contributed by atoms with Gasteiger partial charge in [0, 0.05) is 5.56 Å². The molecule has 0 bridgehead atoms. The van der Waals surface area contributed by atoms with Crippen LogP contribution in [0.3, 0.4) is 0 Å². The van der Waals surface area contributed by atoms with Gasteiger partial charge in [-0.3, -0.25) is 4.79 Å². The molecule has 0 aliphatic heterocycles. The van der Waals surface area contributed by atoms with Crippen LogP contribution in [0.4, 0.5) is 0 Å². The van der Waals surface area contributed by atoms with E-state index in [-0.39, 0.29) is 17.0 Å². The molecule has 20 heavy (non-hydrogen) atoms. The molecule has 0 aliphatic rings. The molecule has 0 saturated heterocycles. The zero-order valence-electron chi connectivity index (χ0n) is 11.4. The number of benzene rings is 1. The van der Waals surface area contributed by atoms with Crippen molar-refractivity contribution in [1.82, 2.24) is 10.2 Å². The second-order valence-electron chi connectivity index (χ2n) is 4.07. The number of hydrogen-bond acceptors (Lipinski definition) is 6. The lowest BCUT2D eigenvalue weighted by Gasteiger charge is -2.05. The molecule has 0 saturated carbocycles. The van der Waals surface area contributed by atoms with Crippen LogP contribution >= 0.6 is 11.8 Å². The quantitative estimate of drug-likeness (QED) is 0.762. The van der Waals surface area contributed by atoms with E-state index in [9.17, 15) is 4.79 Å². The Kier molecular flexibility index (Phi) is 5.17. The maximum absolute atomic E-state index is 11.3. The molecular weight excluding hydrogens is 276 g/mol. The van der Waals surface area contributed by atoms with Gasteiger partial charge in [0.1, 0.15) is 0 Å². The van der Waals surface area contributed by atoms with E-state index in [0.29, 0.717) is 18.4 Å². The predicted molar refractivity (Wildman–Crippen MR) is 77.2 cm³/mol. The molecule has 0 radical (unpaired) electrons. The maximum atomic E-state index is 11.3. The van der Waals surface area contributed by atoms with Crippen molar-refractivity contribution < 1.29 is 13.9 Å². The van der Waals surface area contributed by atoms with Crippen molar-refractivity contribution in [2.24, 2.45) is 0 Å². The molecule has 0 aliphatic carbocycles. The molecule has 106 valence electrons. The third kappa shape index (κ3) is 3.84. The van der Waals surface area contributed by atoms with Gasteiger partial charge in [-0.05, 0) is 26.0 Å². The monoisotopic (exact) mass is 292 g/mol. The molecule has 0 fully saturated rings. The van der Waals surface area contributed by atoms with Gasteiger partial charge in [-0.15, -0.1) is 22.0 Å². The van der Waals surface area contributed by atoms with Gasteiger partial charge in [0.2, 0.25) is 11.8 Å². The fourth-order valence-electron chi connectivity index (χ4n) is 1.56. The number of carbonyl (C=O) groups excluding carboxylic acids is 1. The standard InChI is InChI=1S/C14H16N2O3S/c1-3-18-12(17)9-20-10(2)13-15-16-14(19-13)11-7-5-4-6-8-11/h4-8,10H,3,9H2,1-2H3/t10-/m1/s1. The first-order chi connectivity index (χ1) is 9.70. The Labute approximate surface area is 121 Å². The molecule has 0 unspecified atom stereocenters. The number of hydrogen-bond donors (Lipinski definition) is 0. The summed E-state index contributed by atoms with van der Waals surface area (Å²) in [6.45, 7) is 4.11. The summed E-state index contributed by atoms with van der Waals surface area (Å²) in [6.07, 6.45) is 0. The third-order valence-electron chi connectivity index (χ3n) is 2.57. The van der Waals surface area contributed by atoms with Gasteiger partial charge in [-0.25, -0.2) is 0 Å². The molecule has 1 aromatic carbocycles. The molecule has 0 spiro atoms. The topological polar surface area (TPSA) is 65.2 Å². The summed E-state index contributed by atoms with van der Waals surface area (Å²) in [5, 5.41) is 8.00. The van der Waals surface area contributed by atoms with Gasteiger partial charge in [-0.1, -0.05) is 18.2 Å². The van der Waals surface area contributed by atoms with Crippen LogP contribution in [0.1, 0.15) is 25.0 Å². The summed E-state index contributed by atoms with van der Waals surface area (Å²) in [5.41, 5.74) is 0.883. The van der Waals surface area contributed by atoms with Gasteiger partial charge >= 0.3 is 5.97 Å². The fourth-order valence-corrected chi connectivity index (χ4v) is 2.27. The summed E-state index contributed by atoms with van der Waals surface area (Å²) >= 11 is 1.42. The molecule has 0 N–H and O–H groups in total. The van der Waals surface area contributed by atoms with Crippen LogP contribution in [0, 0.1) is 0 Å². The fraction of sp³-hybridized carbons (Fsp3) is 0.357. The minimum atomic E-state index is -0.229. The number of esters is 1. The van der Waals surface area contributed by atoms with Crippen molar-refractivity contribution in [3.63, 3.8) is 0 Å². The van der Waals surface area contributed by atoms with Crippen molar-refractivity contribution in [3.05, 3.63) is 36.2 Å². The number of carbonyl (C=O) groups is 1. The molecule has 1 heterocycles. The second-order valence-corrected chi connectivity index (χ2v) is 5.40. The Bertz CT molecular complexity index is 557.